The van der Waals surface area contributed by atoms with E-state index in [2.05, 4.69) is 87.7 Å². The highest BCUT2D eigenvalue weighted by molar-refractivity contribution is 7.10. The molecule has 6 nitrogen and oxygen atoms in total. The Labute approximate surface area is 298 Å². The third-order valence-electron chi connectivity index (χ3n) is 11.7. The fourth-order valence-corrected chi connectivity index (χ4v) is 11.1. The van der Waals surface area contributed by atoms with Crippen molar-refractivity contribution in [3.8, 4) is 0 Å². The van der Waals surface area contributed by atoms with Crippen molar-refractivity contribution >= 4 is 45.9 Å². The van der Waals surface area contributed by atoms with Gasteiger partial charge in [0.2, 0.25) is 0 Å². The number of ketones is 2. The molecule has 0 spiro atoms. The molecule has 0 saturated carbocycles. The van der Waals surface area contributed by atoms with Gasteiger partial charge in [-0.15, -0.1) is 22.7 Å². The maximum atomic E-state index is 14.3. The maximum absolute atomic E-state index is 14.3. The minimum Gasteiger partial charge on any atom is -0.342 e. The third-order valence-corrected chi connectivity index (χ3v) is 13.6. The van der Waals surface area contributed by atoms with E-state index in [-0.39, 0.29) is 17.0 Å². The number of nitrogens with one attached hydrogen (secondary N) is 2. The number of hydrogen-bond acceptors (Lipinski definition) is 8. The number of carbonyl (C=O) groups is 2. The summed E-state index contributed by atoms with van der Waals surface area (Å²) >= 11 is 3.23. The van der Waals surface area contributed by atoms with Gasteiger partial charge in [0.15, 0.2) is 11.6 Å². The van der Waals surface area contributed by atoms with Crippen LogP contribution in [0.25, 0.3) is 0 Å². The van der Waals surface area contributed by atoms with Crippen LogP contribution in [0, 0.1) is 10.8 Å². The van der Waals surface area contributed by atoms with E-state index in [1.807, 2.05) is 24.0 Å². The van der Waals surface area contributed by atoms with E-state index in [9.17, 15) is 9.59 Å². The summed E-state index contributed by atoms with van der Waals surface area (Å²) in [7, 11) is 0. The number of hydrogen-bond donors (Lipinski definition) is 2. The molecule has 0 bridgehead atoms. The number of carbonyl (C=O) groups excluding carboxylic acids is 2. The van der Waals surface area contributed by atoms with E-state index in [1.54, 1.807) is 22.7 Å². The molecule has 1 aromatic carbocycles. The molecule has 0 radical (unpaired) electrons. The molecule has 2 N–H and O–H groups in total. The standard InChI is InChI=1S/C41H46N4O2S2/c1-8-14-26(21-25(4)40(9-2)30-28(17-19-38(5,6)33(30)47)44-36-34(40)48-23-42-36)22-39(7)20-18-29(46)31-32(39)45-37-35(49-24-43-37)41(31,10-3)27-15-12-11-13-16-27/h8,11-16,21,23-24,44-45H,4,9-10,17-20,22H2,1-3,5-7H3/b14-8-,26-21+/t39?,40-,41-/m1/s1. The largest absolute Gasteiger partial charge is 0.342 e. The molecule has 2 aromatic heterocycles. The number of thiazole rings is 2. The lowest BCUT2D eigenvalue weighted by Crippen LogP contribution is -2.45. The molecule has 4 heterocycles. The molecular weight excluding hydrogens is 645 g/mol. The van der Waals surface area contributed by atoms with Gasteiger partial charge in [-0.1, -0.05) is 89.8 Å². The molecule has 4 aliphatic rings. The van der Waals surface area contributed by atoms with Crippen LogP contribution >= 0.6 is 22.7 Å². The minimum atomic E-state index is -0.671. The second kappa shape index (κ2) is 12.2. The van der Waals surface area contributed by atoms with Crippen LogP contribution < -0.4 is 10.6 Å². The van der Waals surface area contributed by atoms with Gasteiger partial charge in [0.25, 0.3) is 0 Å². The number of anilines is 2. The molecule has 3 atom stereocenters. The fraction of sp³-hybridized carbons (Fsp3) is 0.415. The molecular formula is C41H46N4O2S2. The van der Waals surface area contributed by atoms with Crippen LogP contribution in [0.1, 0.15) is 102 Å². The maximum Gasteiger partial charge on any atom is 0.167 e. The molecule has 254 valence electrons. The fourth-order valence-electron chi connectivity index (χ4n) is 8.99. The van der Waals surface area contributed by atoms with Gasteiger partial charge in [0, 0.05) is 39.8 Å². The van der Waals surface area contributed by atoms with Crippen molar-refractivity contribution in [2.75, 3.05) is 10.6 Å². The minimum absolute atomic E-state index is 0.194. The first-order valence-electron chi connectivity index (χ1n) is 17.5. The quantitative estimate of drug-likeness (QED) is 0.229. The molecule has 0 amide bonds. The number of fused-ring (bicyclic) bond motifs is 2. The topological polar surface area (TPSA) is 84.0 Å². The molecule has 7 rings (SSSR count). The molecule has 1 unspecified atom stereocenters. The summed E-state index contributed by atoms with van der Waals surface area (Å²) in [4.78, 5) is 40.1. The van der Waals surface area contributed by atoms with Gasteiger partial charge >= 0.3 is 0 Å². The molecule has 2 aliphatic carbocycles. The van der Waals surface area contributed by atoms with Crippen molar-refractivity contribution in [3.63, 3.8) is 0 Å². The first kappa shape index (κ1) is 33.6. The summed E-state index contributed by atoms with van der Waals surface area (Å²) in [5.41, 5.74) is 8.58. The normalized spacial score (nSPS) is 27.7. The van der Waals surface area contributed by atoms with Crippen molar-refractivity contribution in [2.45, 2.75) is 97.3 Å². The van der Waals surface area contributed by atoms with E-state index in [1.165, 1.54) is 0 Å². The van der Waals surface area contributed by atoms with Crippen molar-refractivity contribution in [2.24, 2.45) is 10.8 Å². The zero-order chi connectivity index (χ0) is 34.8. The summed E-state index contributed by atoms with van der Waals surface area (Å²) in [5, 5.41) is 7.26. The Morgan fingerprint density at radius 1 is 0.918 bits per heavy atom. The van der Waals surface area contributed by atoms with Crippen LogP contribution in [0.15, 0.2) is 99.8 Å². The number of nitrogens with zero attached hydrogens (tertiary/aromatic N) is 2. The Bertz CT molecular complexity index is 1990. The number of allylic oxidation sites excluding steroid dienone is 9. The van der Waals surface area contributed by atoms with E-state index in [0.29, 0.717) is 19.3 Å². The molecule has 49 heavy (non-hydrogen) atoms. The third kappa shape index (κ3) is 4.92. The lowest BCUT2D eigenvalue weighted by atomic mass is 9.59. The van der Waals surface area contributed by atoms with Crippen molar-refractivity contribution in [3.05, 3.63) is 115 Å². The Kier molecular flexibility index (Phi) is 8.34. The number of benzene rings is 1. The van der Waals surface area contributed by atoms with E-state index in [0.717, 1.165) is 86.3 Å². The summed E-state index contributed by atoms with van der Waals surface area (Å²) in [5.74, 6) is 2.10. The Morgan fingerprint density at radius 3 is 2.29 bits per heavy atom. The van der Waals surface area contributed by atoms with Gasteiger partial charge in [-0.25, -0.2) is 9.97 Å². The predicted molar refractivity (Wildman–Crippen MR) is 202 cm³/mol. The Hall–Kier alpha value is -3.88. The van der Waals surface area contributed by atoms with Gasteiger partial charge in [-0.3, -0.25) is 9.59 Å². The molecule has 3 aromatic rings. The predicted octanol–water partition coefficient (Wildman–Crippen LogP) is 10.2. The van der Waals surface area contributed by atoms with Crippen molar-refractivity contribution in [1.82, 2.24) is 9.97 Å². The highest BCUT2D eigenvalue weighted by Gasteiger charge is 2.54. The average molecular weight is 691 g/mol. The monoisotopic (exact) mass is 690 g/mol. The van der Waals surface area contributed by atoms with E-state index in [4.69, 9.17) is 16.5 Å². The number of Topliss-reactive ketones (excluding diaryl/α,β-unsaturated/α-hetero) is 2. The zero-order valence-electron chi connectivity index (χ0n) is 29.5. The van der Waals surface area contributed by atoms with Crippen LogP contribution in [-0.2, 0) is 20.4 Å². The second-order valence-corrected chi connectivity index (χ2v) is 16.6. The van der Waals surface area contributed by atoms with Gasteiger partial charge < -0.3 is 10.6 Å². The second-order valence-electron chi connectivity index (χ2n) is 14.9. The summed E-state index contributed by atoms with van der Waals surface area (Å²) < 4.78 is 0. The first-order chi connectivity index (χ1) is 23.5. The van der Waals surface area contributed by atoms with Gasteiger partial charge in [-0.05, 0) is 62.2 Å². The molecule has 2 aliphatic heterocycles. The SMILES string of the molecule is C=C(/C=C(\C=C/C)CC1(C)CCC(=O)C2=C1Nc1ncsc1[C@]2(CC)c1ccccc1)[C@]1(CC)C2=C(CCC(C)(C)C2=O)Nc2ncsc21. The molecule has 8 heteroatoms. The van der Waals surface area contributed by atoms with Crippen LogP contribution in [0.3, 0.4) is 0 Å². The van der Waals surface area contributed by atoms with Crippen LogP contribution in [-0.4, -0.2) is 21.5 Å². The molecule has 0 saturated heterocycles. The lowest BCUT2D eigenvalue weighted by molar-refractivity contribution is -0.125. The number of aromatic nitrogens is 2. The van der Waals surface area contributed by atoms with E-state index >= 15 is 0 Å². The molecule has 0 fully saturated rings. The van der Waals surface area contributed by atoms with Gasteiger partial charge in [0.1, 0.15) is 11.6 Å². The Morgan fingerprint density at radius 2 is 1.61 bits per heavy atom. The Balaban J connectivity index is 1.36. The number of rotatable bonds is 8. The van der Waals surface area contributed by atoms with Crippen molar-refractivity contribution in [1.29, 1.82) is 0 Å². The van der Waals surface area contributed by atoms with E-state index < -0.39 is 16.2 Å². The zero-order valence-corrected chi connectivity index (χ0v) is 31.1. The van der Waals surface area contributed by atoms with Gasteiger partial charge in [-0.2, -0.15) is 0 Å². The highest BCUT2D eigenvalue weighted by atomic mass is 32.1. The van der Waals surface area contributed by atoms with Crippen LogP contribution in [0.4, 0.5) is 11.6 Å². The summed E-state index contributed by atoms with van der Waals surface area (Å²) in [6.07, 6.45) is 11.4. The smallest absolute Gasteiger partial charge is 0.167 e. The highest BCUT2D eigenvalue weighted by Crippen LogP contribution is 2.59. The lowest BCUT2D eigenvalue weighted by Gasteiger charge is -2.48. The van der Waals surface area contributed by atoms with Crippen LogP contribution in [0.2, 0.25) is 0 Å². The summed E-state index contributed by atoms with van der Waals surface area (Å²) in [6, 6.07) is 10.5. The van der Waals surface area contributed by atoms with Crippen LogP contribution in [0.5, 0.6) is 0 Å². The first-order valence-corrected chi connectivity index (χ1v) is 19.3. The summed E-state index contributed by atoms with van der Waals surface area (Å²) in [6.45, 7) is 17.6. The van der Waals surface area contributed by atoms with Gasteiger partial charge in [0.05, 0.1) is 31.6 Å². The van der Waals surface area contributed by atoms with Crippen molar-refractivity contribution < 1.29 is 9.59 Å². The average Bonchev–Trinajstić information content (AvgIpc) is 3.77.